The van der Waals surface area contributed by atoms with Crippen molar-refractivity contribution in [2.45, 2.75) is 32.6 Å². The molecule has 5 heteroatoms. The summed E-state index contributed by atoms with van der Waals surface area (Å²) in [5, 5.41) is 29.0. The van der Waals surface area contributed by atoms with Crippen LogP contribution >= 0.6 is 0 Å². The van der Waals surface area contributed by atoms with Gasteiger partial charge in [0, 0.05) is 24.3 Å². The lowest BCUT2D eigenvalue weighted by atomic mass is 9.90. The summed E-state index contributed by atoms with van der Waals surface area (Å²) in [5.74, 6) is 0.333. The van der Waals surface area contributed by atoms with Gasteiger partial charge in [-0.05, 0) is 61.9 Å². The lowest BCUT2D eigenvalue weighted by molar-refractivity contribution is 0.463. The van der Waals surface area contributed by atoms with Crippen LogP contribution in [0.25, 0.3) is 0 Å². The third kappa shape index (κ3) is 2.50. The van der Waals surface area contributed by atoms with E-state index in [1.54, 1.807) is 12.1 Å². The molecule has 2 aromatic carbocycles. The quantitative estimate of drug-likeness (QED) is 0.798. The highest BCUT2D eigenvalue weighted by atomic mass is 16.3. The molecule has 0 saturated heterocycles. The average molecular weight is 323 g/mol. The highest BCUT2D eigenvalue weighted by Crippen LogP contribution is 2.45. The van der Waals surface area contributed by atoms with Crippen molar-refractivity contribution in [1.82, 2.24) is 0 Å². The molecule has 2 aliphatic rings. The van der Waals surface area contributed by atoms with Crippen molar-refractivity contribution in [3.63, 3.8) is 0 Å². The van der Waals surface area contributed by atoms with Gasteiger partial charge in [-0.15, -0.1) is 10.2 Å². The second-order valence-electron chi connectivity index (χ2n) is 6.62. The number of aromatic hydroxyl groups is 2. The van der Waals surface area contributed by atoms with E-state index in [-0.39, 0.29) is 11.5 Å². The fourth-order valence-electron chi connectivity index (χ4n) is 3.73. The first kappa shape index (κ1) is 15.0. The van der Waals surface area contributed by atoms with Crippen molar-refractivity contribution < 1.29 is 10.2 Å². The van der Waals surface area contributed by atoms with Crippen molar-refractivity contribution in [1.29, 1.82) is 0 Å². The minimum Gasteiger partial charge on any atom is -0.506 e. The molecule has 0 fully saturated rings. The van der Waals surface area contributed by atoms with Gasteiger partial charge < -0.3 is 15.1 Å². The topological polar surface area (TPSA) is 68.4 Å². The summed E-state index contributed by atoms with van der Waals surface area (Å²) < 4.78 is 0. The number of nitrogens with zero attached hydrogens (tertiary/aromatic N) is 3. The second kappa shape index (κ2) is 5.82. The maximum Gasteiger partial charge on any atom is 0.148 e. The highest BCUT2D eigenvalue weighted by molar-refractivity contribution is 5.74. The molecule has 2 heterocycles. The number of phenols is 2. The van der Waals surface area contributed by atoms with E-state index < -0.39 is 0 Å². The molecule has 0 amide bonds. The zero-order chi connectivity index (χ0) is 16.7. The monoisotopic (exact) mass is 323 g/mol. The number of hydrogen-bond acceptors (Lipinski definition) is 5. The van der Waals surface area contributed by atoms with Gasteiger partial charge >= 0.3 is 0 Å². The standard InChI is InChI=1S/C19H21N3O2/c1-12-6-7-15(17(23)10-12)20-21-16-11-13-4-2-8-22-9-3-5-14(18(13)22)19(16)24/h6-7,10-11,23-24H,2-5,8-9H2,1H3. The van der Waals surface area contributed by atoms with E-state index in [2.05, 4.69) is 15.1 Å². The van der Waals surface area contributed by atoms with E-state index in [0.29, 0.717) is 11.4 Å². The molecule has 2 N–H and O–H groups in total. The fourth-order valence-corrected chi connectivity index (χ4v) is 3.73. The van der Waals surface area contributed by atoms with E-state index in [1.165, 1.54) is 11.3 Å². The molecule has 0 unspecified atom stereocenters. The first-order chi connectivity index (χ1) is 11.6. The predicted molar refractivity (Wildman–Crippen MR) is 94.0 cm³/mol. The minimum atomic E-state index is 0.101. The van der Waals surface area contributed by atoms with Crippen molar-refractivity contribution in [2.24, 2.45) is 10.2 Å². The van der Waals surface area contributed by atoms with E-state index in [0.717, 1.165) is 49.9 Å². The van der Waals surface area contributed by atoms with Crippen LogP contribution < -0.4 is 4.90 Å². The molecule has 0 radical (unpaired) electrons. The van der Waals surface area contributed by atoms with Crippen molar-refractivity contribution in [3.05, 3.63) is 41.0 Å². The summed E-state index contributed by atoms with van der Waals surface area (Å²) in [6.07, 6.45) is 4.08. The van der Waals surface area contributed by atoms with E-state index in [1.807, 2.05) is 19.1 Å². The Morgan fingerprint density at radius 3 is 2.50 bits per heavy atom. The molecular formula is C19H21N3O2. The first-order valence-corrected chi connectivity index (χ1v) is 8.47. The third-order valence-corrected chi connectivity index (χ3v) is 4.87. The summed E-state index contributed by atoms with van der Waals surface area (Å²) in [5.41, 5.74) is 5.33. The van der Waals surface area contributed by atoms with E-state index >= 15 is 0 Å². The van der Waals surface area contributed by atoms with Crippen molar-refractivity contribution >= 4 is 17.1 Å². The molecule has 0 atom stereocenters. The van der Waals surface area contributed by atoms with Gasteiger partial charge in [-0.25, -0.2) is 0 Å². The Labute approximate surface area is 141 Å². The zero-order valence-electron chi connectivity index (χ0n) is 13.8. The van der Waals surface area contributed by atoms with Crippen LogP contribution in [0.4, 0.5) is 17.1 Å². The molecule has 4 rings (SSSR count). The molecule has 2 aromatic rings. The zero-order valence-corrected chi connectivity index (χ0v) is 13.8. The van der Waals surface area contributed by atoms with E-state index in [9.17, 15) is 10.2 Å². The van der Waals surface area contributed by atoms with Crippen molar-refractivity contribution in [2.75, 3.05) is 18.0 Å². The Hall–Kier alpha value is -2.56. The van der Waals surface area contributed by atoms with Gasteiger partial charge in [0.25, 0.3) is 0 Å². The third-order valence-electron chi connectivity index (χ3n) is 4.87. The highest BCUT2D eigenvalue weighted by Gasteiger charge is 2.27. The van der Waals surface area contributed by atoms with Gasteiger partial charge in [0.1, 0.15) is 22.9 Å². The predicted octanol–water partition coefficient (Wildman–Crippen LogP) is 4.52. The molecule has 5 nitrogen and oxygen atoms in total. The number of hydrogen-bond donors (Lipinski definition) is 2. The van der Waals surface area contributed by atoms with Gasteiger partial charge in [0.2, 0.25) is 0 Å². The molecule has 2 aliphatic heterocycles. The largest absolute Gasteiger partial charge is 0.506 e. The number of azo groups is 1. The van der Waals surface area contributed by atoms with Crippen LogP contribution in [0.1, 0.15) is 29.5 Å². The molecule has 0 bridgehead atoms. The number of phenolic OH excluding ortho intramolecular Hbond substituents is 2. The van der Waals surface area contributed by atoms with Gasteiger partial charge in [0.15, 0.2) is 0 Å². The van der Waals surface area contributed by atoms with Crippen LogP contribution in [0, 0.1) is 6.92 Å². The smallest absolute Gasteiger partial charge is 0.148 e. The normalized spacial score (nSPS) is 16.5. The Morgan fingerprint density at radius 1 is 0.958 bits per heavy atom. The van der Waals surface area contributed by atoms with Gasteiger partial charge in [-0.3, -0.25) is 0 Å². The Balaban J connectivity index is 1.75. The maximum absolute atomic E-state index is 10.6. The number of aryl methyl sites for hydroxylation is 2. The summed E-state index contributed by atoms with van der Waals surface area (Å²) in [7, 11) is 0. The Morgan fingerprint density at radius 2 is 1.71 bits per heavy atom. The van der Waals surface area contributed by atoms with Crippen LogP contribution in [0.2, 0.25) is 0 Å². The molecule has 0 spiro atoms. The molecule has 0 aromatic heterocycles. The SMILES string of the molecule is Cc1ccc(N=Nc2cc3c4c(c2O)CCCN4CCC3)c(O)c1. The second-order valence-corrected chi connectivity index (χ2v) is 6.62. The lowest BCUT2D eigenvalue weighted by Crippen LogP contribution is -2.34. The molecule has 24 heavy (non-hydrogen) atoms. The minimum absolute atomic E-state index is 0.101. The number of anilines is 1. The number of rotatable bonds is 2. The maximum atomic E-state index is 10.6. The van der Waals surface area contributed by atoms with Gasteiger partial charge in [-0.1, -0.05) is 6.07 Å². The Kier molecular flexibility index (Phi) is 3.63. The fraction of sp³-hybridized carbons (Fsp3) is 0.368. The van der Waals surface area contributed by atoms with Crippen LogP contribution in [0.3, 0.4) is 0 Å². The van der Waals surface area contributed by atoms with Gasteiger partial charge in [0.05, 0.1) is 0 Å². The summed E-state index contributed by atoms with van der Waals surface area (Å²) in [6.45, 7) is 4.04. The summed E-state index contributed by atoms with van der Waals surface area (Å²) in [4.78, 5) is 2.38. The number of benzene rings is 2. The average Bonchev–Trinajstić information content (AvgIpc) is 2.58. The van der Waals surface area contributed by atoms with Crippen molar-refractivity contribution in [3.8, 4) is 11.5 Å². The Bertz CT molecular complexity index is 828. The first-order valence-electron chi connectivity index (χ1n) is 8.47. The van der Waals surface area contributed by atoms with Gasteiger partial charge in [-0.2, -0.15) is 0 Å². The van der Waals surface area contributed by atoms with Crippen LogP contribution in [0.15, 0.2) is 34.5 Å². The molecule has 124 valence electrons. The summed E-state index contributed by atoms with van der Waals surface area (Å²) >= 11 is 0. The molecular weight excluding hydrogens is 302 g/mol. The van der Waals surface area contributed by atoms with Crippen LogP contribution in [0.5, 0.6) is 11.5 Å². The van der Waals surface area contributed by atoms with E-state index in [4.69, 9.17) is 0 Å². The lowest BCUT2D eigenvalue weighted by Gasteiger charge is -2.37. The van der Waals surface area contributed by atoms with Crippen LogP contribution in [-0.4, -0.2) is 23.3 Å². The van der Waals surface area contributed by atoms with Crippen LogP contribution in [-0.2, 0) is 12.8 Å². The molecule has 0 saturated carbocycles. The summed E-state index contributed by atoms with van der Waals surface area (Å²) in [6, 6.07) is 7.21. The molecule has 0 aliphatic carbocycles.